The Kier molecular flexibility index (Phi) is 3.34. The first-order chi connectivity index (χ1) is 5.75. The Morgan fingerprint density at radius 2 is 2.33 bits per heavy atom. The molecular weight excluding hydrogens is 148 g/mol. The third kappa shape index (κ3) is 2.11. The lowest BCUT2D eigenvalue weighted by molar-refractivity contribution is -0.120. The van der Waals surface area contributed by atoms with Crippen LogP contribution < -0.4 is 0 Å². The first kappa shape index (κ1) is 9.32. The minimum absolute atomic E-state index is 0.189. The molecule has 1 saturated carbocycles. The van der Waals surface area contributed by atoms with Crippen LogP contribution in [0.2, 0.25) is 0 Å². The summed E-state index contributed by atoms with van der Waals surface area (Å²) >= 11 is 0. The van der Waals surface area contributed by atoms with E-state index in [0.29, 0.717) is 11.7 Å². The summed E-state index contributed by atoms with van der Waals surface area (Å²) in [5, 5.41) is 0. The first-order valence-corrected chi connectivity index (χ1v) is 4.76. The van der Waals surface area contributed by atoms with Gasteiger partial charge in [0.25, 0.3) is 0 Å². The smallest absolute Gasteiger partial charge is 0.136 e. The van der Waals surface area contributed by atoms with Gasteiger partial charge >= 0.3 is 0 Å². The number of rotatable bonds is 1. The van der Waals surface area contributed by atoms with Crippen molar-refractivity contribution >= 4 is 5.78 Å². The Morgan fingerprint density at radius 1 is 1.58 bits per heavy atom. The standard InChI is InChI=1S/C11H16O/c1-3-4-5-6-10-7-8-11(12)9(10)2/h9-10H,3-4,7-8H2,1-2H3. The third-order valence-electron chi connectivity index (χ3n) is 2.48. The monoisotopic (exact) mass is 164 g/mol. The zero-order valence-corrected chi connectivity index (χ0v) is 7.89. The van der Waals surface area contributed by atoms with Crippen LogP contribution in [0.3, 0.4) is 0 Å². The van der Waals surface area contributed by atoms with E-state index in [9.17, 15) is 4.79 Å². The molecule has 1 aliphatic rings. The van der Waals surface area contributed by atoms with Crippen LogP contribution >= 0.6 is 0 Å². The van der Waals surface area contributed by atoms with E-state index >= 15 is 0 Å². The molecule has 0 heterocycles. The molecule has 0 N–H and O–H groups in total. The lowest BCUT2D eigenvalue weighted by Crippen LogP contribution is -2.08. The Labute approximate surface area is 74.5 Å². The maximum atomic E-state index is 11.1. The summed E-state index contributed by atoms with van der Waals surface area (Å²) in [6, 6.07) is 0. The van der Waals surface area contributed by atoms with Gasteiger partial charge in [0, 0.05) is 24.7 Å². The second kappa shape index (κ2) is 4.30. The van der Waals surface area contributed by atoms with Gasteiger partial charge in [-0.3, -0.25) is 4.79 Å². The Morgan fingerprint density at radius 3 is 2.83 bits per heavy atom. The predicted octanol–water partition coefficient (Wildman–Crippen LogP) is 2.41. The van der Waals surface area contributed by atoms with Crippen molar-refractivity contribution in [2.24, 2.45) is 11.8 Å². The molecule has 2 unspecified atom stereocenters. The zero-order chi connectivity index (χ0) is 8.97. The summed E-state index contributed by atoms with van der Waals surface area (Å²) < 4.78 is 0. The molecule has 66 valence electrons. The number of hydrogen-bond donors (Lipinski definition) is 0. The fraction of sp³-hybridized carbons (Fsp3) is 0.727. The number of Topliss-reactive ketones (excluding diaryl/α,β-unsaturated/α-hetero) is 1. The fourth-order valence-corrected chi connectivity index (χ4v) is 1.53. The van der Waals surface area contributed by atoms with Gasteiger partial charge in [0.1, 0.15) is 5.78 Å². The maximum Gasteiger partial charge on any atom is 0.136 e. The SMILES string of the molecule is CCCC#CC1CCC(=O)C1C. The summed E-state index contributed by atoms with van der Waals surface area (Å²) in [5.41, 5.74) is 0. The molecule has 0 amide bonds. The molecule has 1 nitrogen and oxygen atoms in total. The number of carbonyl (C=O) groups is 1. The molecule has 0 aromatic carbocycles. The van der Waals surface area contributed by atoms with Crippen LogP contribution in [-0.4, -0.2) is 5.78 Å². The van der Waals surface area contributed by atoms with Crippen molar-refractivity contribution in [2.75, 3.05) is 0 Å². The zero-order valence-electron chi connectivity index (χ0n) is 7.89. The van der Waals surface area contributed by atoms with Crippen LogP contribution in [0.5, 0.6) is 0 Å². The number of carbonyl (C=O) groups excluding carboxylic acids is 1. The minimum Gasteiger partial charge on any atom is -0.299 e. The van der Waals surface area contributed by atoms with Crippen LogP contribution in [0.15, 0.2) is 0 Å². The molecule has 0 saturated heterocycles. The van der Waals surface area contributed by atoms with Crippen molar-refractivity contribution < 1.29 is 4.79 Å². The van der Waals surface area contributed by atoms with E-state index in [1.807, 2.05) is 6.92 Å². The van der Waals surface area contributed by atoms with Crippen molar-refractivity contribution in [3.8, 4) is 11.8 Å². The minimum atomic E-state index is 0.189. The molecule has 0 aromatic heterocycles. The summed E-state index contributed by atoms with van der Waals surface area (Å²) in [4.78, 5) is 11.1. The van der Waals surface area contributed by atoms with Gasteiger partial charge < -0.3 is 0 Å². The second-order valence-corrected chi connectivity index (χ2v) is 3.47. The van der Waals surface area contributed by atoms with Gasteiger partial charge in [0.15, 0.2) is 0 Å². The van der Waals surface area contributed by atoms with E-state index in [1.165, 1.54) is 0 Å². The van der Waals surface area contributed by atoms with Gasteiger partial charge in [-0.25, -0.2) is 0 Å². The van der Waals surface area contributed by atoms with Gasteiger partial charge in [0.2, 0.25) is 0 Å². The van der Waals surface area contributed by atoms with Crippen molar-refractivity contribution in [3.63, 3.8) is 0 Å². The highest BCUT2D eigenvalue weighted by Gasteiger charge is 2.29. The van der Waals surface area contributed by atoms with Crippen LogP contribution in [0, 0.1) is 23.7 Å². The topological polar surface area (TPSA) is 17.1 Å². The summed E-state index contributed by atoms with van der Waals surface area (Å²) in [7, 11) is 0. The summed E-state index contributed by atoms with van der Waals surface area (Å²) in [6.45, 7) is 4.12. The Bertz CT molecular complexity index is 219. The van der Waals surface area contributed by atoms with Crippen LogP contribution in [-0.2, 0) is 4.79 Å². The van der Waals surface area contributed by atoms with E-state index < -0.39 is 0 Å². The molecule has 0 spiro atoms. The van der Waals surface area contributed by atoms with E-state index in [1.54, 1.807) is 0 Å². The van der Waals surface area contributed by atoms with E-state index in [0.717, 1.165) is 25.7 Å². The highest BCUT2D eigenvalue weighted by molar-refractivity contribution is 5.83. The van der Waals surface area contributed by atoms with Crippen LogP contribution in [0.1, 0.15) is 39.5 Å². The summed E-state index contributed by atoms with van der Waals surface area (Å²) in [6.07, 6.45) is 3.81. The third-order valence-corrected chi connectivity index (χ3v) is 2.48. The number of unbranched alkanes of at least 4 members (excludes halogenated alkanes) is 1. The van der Waals surface area contributed by atoms with Crippen molar-refractivity contribution in [1.29, 1.82) is 0 Å². The van der Waals surface area contributed by atoms with Gasteiger partial charge in [-0.05, 0) is 12.8 Å². The second-order valence-electron chi connectivity index (χ2n) is 3.47. The Balaban J connectivity index is 2.45. The van der Waals surface area contributed by atoms with Crippen molar-refractivity contribution in [3.05, 3.63) is 0 Å². The molecule has 12 heavy (non-hydrogen) atoms. The fourth-order valence-electron chi connectivity index (χ4n) is 1.53. The molecule has 0 bridgehead atoms. The van der Waals surface area contributed by atoms with E-state index in [-0.39, 0.29) is 5.92 Å². The molecule has 0 aliphatic heterocycles. The molecule has 1 rings (SSSR count). The molecule has 2 atom stereocenters. The average molecular weight is 164 g/mol. The van der Waals surface area contributed by atoms with Crippen molar-refractivity contribution in [1.82, 2.24) is 0 Å². The highest BCUT2D eigenvalue weighted by Crippen LogP contribution is 2.27. The van der Waals surface area contributed by atoms with Crippen LogP contribution in [0.4, 0.5) is 0 Å². The van der Waals surface area contributed by atoms with E-state index in [4.69, 9.17) is 0 Å². The first-order valence-electron chi connectivity index (χ1n) is 4.76. The average Bonchev–Trinajstić information content (AvgIpc) is 2.36. The molecular formula is C11H16O. The van der Waals surface area contributed by atoms with Crippen LogP contribution in [0.25, 0.3) is 0 Å². The van der Waals surface area contributed by atoms with Crippen molar-refractivity contribution in [2.45, 2.75) is 39.5 Å². The van der Waals surface area contributed by atoms with Gasteiger partial charge in [0.05, 0.1) is 0 Å². The molecule has 1 heteroatoms. The molecule has 1 aliphatic carbocycles. The Hall–Kier alpha value is -0.770. The molecule has 0 radical (unpaired) electrons. The summed E-state index contributed by atoms with van der Waals surface area (Å²) in [5.74, 6) is 7.25. The van der Waals surface area contributed by atoms with Gasteiger partial charge in [-0.1, -0.05) is 19.8 Å². The number of hydrogen-bond acceptors (Lipinski definition) is 1. The quantitative estimate of drug-likeness (QED) is 0.544. The largest absolute Gasteiger partial charge is 0.299 e. The lowest BCUT2D eigenvalue weighted by atomic mass is 9.98. The normalized spacial score (nSPS) is 28.3. The number of ketones is 1. The predicted molar refractivity (Wildman–Crippen MR) is 49.6 cm³/mol. The van der Waals surface area contributed by atoms with Gasteiger partial charge in [-0.15, -0.1) is 5.92 Å². The maximum absolute atomic E-state index is 11.1. The van der Waals surface area contributed by atoms with Gasteiger partial charge in [-0.2, -0.15) is 0 Å². The highest BCUT2D eigenvalue weighted by atomic mass is 16.1. The molecule has 0 aromatic rings. The molecule has 1 fully saturated rings. The lowest BCUT2D eigenvalue weighted by Gasteiger charge is -2.04. The van der Waals surface area contributed by atoms with E-state index in [2.05, 4.69) is 18.8 Å².